The smallest absolute Gasteiger partial charge is 0.330 e. The second-order valence-corrected chi connectivity index (χ2v) is 10.3. The Labute approximate surface area is 255 Å². The van der Waals surface area contributed by atoms with Gasteiger partial charge in [0.15, 0.2) is 0 Å². The number of benzene rings is 4. The summed E-state index contributed by atoms with van der Waals surface area (Å²) in [6.45, 7) is 2.54. The van der Waals surface area contributed by atoms with Crippen LogP contribution in [0.2, 0.25) is 0 Å². The third kappa shape index (κ3) is 10.4. The highest BCUT2D eigenvalue weighted by Crippen LogP contribution is 2.21. The Kier molecular flexibility index (Phi) is 11.8. The predicted octanol–water partition coefficient (Wildman–Crippen LogP) is 6.89. The lowest BCUT2D eigenvalue weighted by Crippen LogP contribution is -2.30. The Hall–Kier alpha value is -5.08. The predicted molar refractivity (Wildman–Crippen MR) is 171 cm³/mol. The zero-order valence-electron chi connectivity index (χ0n) is 23.7. The van der Waals surface area contributed by atoms with Crippen molar-refractivity contribution in [2.24, 2.45) is 0 Å². The molecule has 0 atom stereocenters. The van der Waals surface area contributed by atoms with Crippen LogP contribution in [-0.4, -0.2) is 30.1 Å². The molecule has 0 saturated heterocycles. The summed E-state index contributed by atoms with van der Waals surface area (Å²) < 4.78 is 10.7. The molecule has 0 aliphatic heterocycles. The van der Waals surface area contributed by atoms with Crippen LogP contribution in [0.4, 0.5) is 5.69 Å². The molecule has 0 spiro atoms. The van der Waals surface area contributed by atoms with Gasteiger partial charge in [0.1, 0.15) is 18.1 Å². The number of amides is 2. The lowest BCUT2D eigenvalue weighted by atomic mass is 10.1. The molecule has 0 heterocycles. The normalized spacial score (nSPS) is 11.1. The minimum absolute atomic E-state index is 0.0920. The molecule has 2 amide bonds. The maximum Gasteiger partial charge on any atom is 0.330 e. The van der Waals surface area contributed by atoms with E-state index in [2.05, 4.69) is 10.6 Å². The van der Waals surface area contributed by atoms with Crippen molar-refractivity contribution in [3.05, 3.63) is 144 Å². The zero-order chi connectivity index (χ0) is 30.3. The standard InChI is InChI=1S/C35H32N2O5S/c1-2-41-33(38)14-9-23-43-31-21-17-29(18-22-31)36-35(40)32(37-34(39)28-12-7-4-8-13-28)24-26-15-19-30(20-16-26)42-25-27-10-5-3-6-11-27/h3-22,24H,2,23,25H2,1H3,(H,36,40)(H,37,39)/b14-9+,32-24-. The van der Waals surface area contributed by atoms with Gasteiger partial charge < -0.3 is 20.1 Å². The number of hydrogen-bond acceptors (Lipinski definition) is 6. The fourth-order valence-corrected chi connectivity index (χ4v) is 4.54. The number of anilines is 1. The number of rotatable bonds is 13. The number of carbonyl (C=O) groups is 3. The van der Waals surface area contributed by atoms with E-state index in [1.165, 1.54) is 17.8 Å². The number of nitrogens with one attached hydrogen (secondary N) is 2. The van der Waals surface area contributed by atoms with Crippen molar-refractivity contribution in [1.29, 1.82) is 0 Å². The Morgan fingerprint density at radius 3 is 2.16 bits per heavy atom. The Morgan fingerprint density at radius 1 is 0.814 bits per heavy atom. The number of hydrogen-bond donors (Lipinski definition) is 2. The first-order valence-electron chi connectivity index (χ1n) is 13.7. The molecular weight excluding hydrogens is 560 g/mol. The topological polar surface area (TPSA) is 93.7 Å². The van der Waals surface area contributed by atoms with Gasteiger partial charge in [0.2, 0.25) is 0 Å². The van der Waals surface area contributed by atoms with Crippen LogP contribution < -0.4 is 15.4 Å². The van der Waals surface area contributed by atoms with Gasteiger partial charge in [0, 0.05) is 28.0 Å². The summed E-state index contributed by atoms with van der Waals surface area (Å²) in [5, 5.41) is 5.62. The first-order valence-corrected chi connectivity index (χ1v) is 14.7. The van der Waals surface area contributed by atoms with Crippen LogP contribution in [-0.2, 0) is 20.9 Å². The van der Waals surface area contributed by atoms with Gasteiger partial charge in [-0.2, -0.15) is 0 Å². The van der Waals surface area contributed by atoms with E-state index >= 15 is 0 Å². The Balaban J connectivity index is 1.43. The van der Waals surface area contributed by atoms with Crippen molar-refractivity contribution in [2.75, 3.05) is 17.7 Å². The summed E-state index contributed by atoms with van der Waals surface area (Å²) in [5.74, 6) is 0.0595. The average Bonchev–Trinajstić information content (AvgIpc) is 3.04. The fourth-order valence-electron chi connectivity index (χ4n) is 3.82. The quantitative estimate of drug-likeness (QED) is 0.0998. The lowest BCUT2D eigenvalue weighted by Gasteiger charge is -2.12. The summed E-state index contributed by atoms with van der Waals surface area (Å²) in [4.78, 5) is 38.7. The highest BCUT2D eigenvalue weighted by Gasteiger charge is 2.15. The summed E-state index contributed by atoms with van der Waals surface area (Å²) in [5.41, 5.74) is 2.87. The second-order valence-electron chi connectivity index (χ2n) is 9.17. The van der Waals surface area contributed by atoms with E-state index in [4.69, 9.17) is 9.47 Å². The molecule has 0 aromatic heterocycles. The van der Waals surface area contributed by atoms with Gasteiger partial charge in [-0.1, -0.05) is 66.7 Å². The van der Waals surface area contributed by atoms with E-state index < -0.39 is 11.8 Å². The summed E-state index contributed by atoms with van der Waals surface area (Å²) in [6, 6.07) is 33.2. The second kappa shape index (κ2) is 16.4. The van der Waals surface area contributed by atoms with Crippen molar-refractivity contribution in [3.63, 3.8) is 0 Å². The molecule has 4 aromatic rings. The van der Waals surface area contributed by atoms with Crippen LogP contribution in [0.25, 0.3) is 6.08 Å². The summed E-state index contributed by atoms with van der Waals surface area (Å²) >= 11 is 1.54. The minimum atomic E-state index is -0.466. The van der Waals surface area contributed by atoms with Crippen LogP contribution in [0.15, 0.2) is 132 Å². The maximum absolute atomic E-state index is 13.3. The van der Waals surface area contributed by atoms with Crippen molar-refractivity contribution < 1.29 is 23.9 Å². The molecular formula is C35H32N2O5S. The molecule has 0 bridgehead atoms. The zero-order valence-corrected chi connectivity index (χ0v) is 24.5. The molecule has 0 aliphatic rings. The van der Waals surface area contributed by atoms with Crippen molar-refractivity contribution >= 4 is 41.3 Å². The van der Waals surface area contributed by atoms with E-state index in [-0.39, 0.29) is 11.7 Å². The molecule has 218 valence electrons. The molecule has 0 saturated carbocycles. The van der Waals surface area contributed by atoms with Crippen LogP contribution in [0.5, 0.6) is 5.75 Å². The van der Waals surface area contributed by atoms with E-state index in [1.807, 2.05) is 72.8 Å². The maximum atomic E-state index is 13.3. The minimum Gasteiger partial charge on any atom is -0.489 e. The highest BCUT2D eigenvalue weighted by atomic mass is 32.2. The molecule has 7 nitrogen and oxygen atoms in total. The molecule has 0 unspecified atom stereocenters. The monoisotopic (exact) mass is 592 g/mol. The number of ether oxygens (including phenoxy) is 2. The molecule has 43 heavy (non-hydrogen) atoms. The molecule has 0 fully saturated rings. The van der Waals surface area contributed by atoms with Crippen LogP contribution >= 0.6 is 11.8 Å². The van der Waals surface area contributed by atoms with Gasteiger partial charge in [-0.15, -0.1) is 11.8 Å². The highest BCUT2D eigenvalue weighted by molar-refractivity contribution is 7.99. The van der Waals surface area contributed by atoms with E-state index in [1.54, 1.807) is 55.5 Å². The van der Waals surface area contributed by atoms with Gasteiger partial charge in [-0.05, 0) is 72.7 Å². The van der Waals surface area contributed by atoms with Gasteiger partial charge in [0.25, 0.3) is 11.8 Å². The SMILES string of the molecule is CCOC(=O)/C=C/CSc1ccc(NC(=O)/C(=C/c2ccc(OCc3ccccc3)cc2)NC(=O)c2ccccc2)cc1. The summed E-state index contributed by atoms with van der Waals surface area (Å²) in [6.07, 6.45) is 4.78. The summed E-state index contributed by atoms with van der Waals surface area (Å²) in [7, 11) is 0. The lowest BCUT2D eigenvalue weighted by molar-refractivity contribution is -0.137. The van der Waals surface area contributed by atoms with Gasteiger partial charge in [-0.25, -0.2) is 4.79 Å². The van der Waals surface area contributed by atoms with E-state index in [0.717, 1.165) is 10.5 Å². The van der Waals surface area contributed by atoms with Gasteiger partial charge in [-0.3, -0.25) is 9.59 Å². The average molecular weight is 593 g/mol. The van der Waals surface area contributed by atoms with E-state index in [0.29, 0.717) is 41.5 Å². The van der Waals surface area contributed by atoms with Crippen molar-refractivity contribution in [2.45, 2.75) is 18.4 Å². The van der Waals surface area contributed by atoms with Crippen LogP contribution in [0.3, 0.4) is 0 Å². The number of thioether (sulfide) groups is 1. The molecule has 4 aromatic carbocycles. The third-order valence-corrected chi connectivity index (χ3v) is 6.93. The molecule has 8 heteroatoms. The molecule has 2 N–H and O–H groups in total. The first-order chi connectivity index (χ1) is 21.0. The van der Waals surface area contributed by atoms with Gasteiger partial charge in [0.05, 0.1) is 6.61 Å². The van der Waals surface area contributed by atoms with Crippen molar-refractivity contribution in [1.82, 2.24) is 5.32 Å². The molecule has 0 aliphatic carbocycles. The first kappa shape index (κ1) is 30.9. The number of esters is 1. The fraction of sp³-hybridized carbons (Fsp3) is 0.114. The van der Waals surface area contributed by atoms with Crippen LogP contribution in [0, 0.1) is 0 Å². The third-order valence-electron chi connectivity index (χ3n) is 5.97. The molecule has 0 radical (unpaired) electrons. The number of carbonyl (C=O) groups excluding carboxylic acids is 3. The molecule has 4 rings (SSSR count). The Morgan fingerprint density at radius 2 is 1.49 bits per heavy atom. The van der Waals surface area contributed by atoms with Crippen molar-refractivity contribution in [3.8, 4) is 5.75 Å². The van der Waals surface area contributed by atoms with Gasteiger partial charge >= 0.3 is 5.97 Å². The van der Waals surface area contributed by atoms with Crippen LogP contribution in [0.1, 0.15) is 28.4 Å². The Bertz CT molecular complexity index is 1550. The largest absolute Gasteiger partial charge is 0.489 e. The van der Waals surface area contributed by atoms with E-state index in [9.17, 15) is 14.4 Å².